The lowest BCUT2D eigenvalue weighted by molar-refractivity contribution is 0.423. The lowest BCUT2D eigenvalue weighted by atomic mass is 9.80. The van der Waals surface area contributed by atoms with Crippen LogP contribution < -0.4 is 5.32 Å². The van der Waals surface area contributed by atoms with E-state index in [4.69, 9.17) is 0 Å². The van der Waals surface area contributed by atoms with Crippen LogP contribution in [0.2, 0.25) is 0 Å². The van der Waals surface area contributed by atoms with E-state index in [1.165, 1.54) is 45.2 Å². The molecule has 1 heteroatoms. The van der Waals surface area contributed by atoms with Crippen LogP contribution in [0.25, 0.3) is 0 Å². The van der Waals surface area contributed by atoms with Crippen molar-refractivity contribution in [3.05, 3.63) is 11.1 Å². The Hall–Kier alpha value is -0.300. The Bertz CT molecular complexity index is 219. The highest BCUT2D eigenvalue weighted by Crippen LogP contribution is 2.34. The minimum Gasteiger partial charge on any atom is -0.316 e. The first kappa shape index (κ1) is 10.2. The molecule has 0 aromatic rings. The fourth-order valence-electron chi connectivity index (χ4n) is 2.87. The molecule has 0 bridgehead atoms. The molecule has 1 saturated heterocycles. The summed E-state index contributed by atoms with van der Waals surface area (Å²) < 4.78 is 0. The van der Waals surface area contributed by atoms with Crippen molar-refractivity contribution in [1.29, 1.82) is 0 Å². The van der Waals surface area contributed by atoms with Gasteiger partial charge >= 0.3 is 0 Å². The number of piperidine rings is 1. The highest BCUT2D eigenvalue weighted by Gasteiger charge is 2.20. The van der Waals surface area contributed by atoms with Gasteiger partial charge in [0.1, 0.15) is 0 Å². The van der Waals surface area contributed by atoms with E-state index in [2.05, 4.69) is 19.2 Å². The van der Waals surface area contributed by atoms with Gasteiger partial charge in [0.25, 0.3) is 0 Å². The van der Waals surface area contributed by atoms with Crippen LogP contribution in [0.4, 0.5) is 0 Å². The quantitative estimate of drug-likeness (QED) is 0.583. The van der Waals surface area contributed by atoms with Gasteiger partial charge in [0.2, 0.25) is 0 Å². The lowest BCUT2D eigenvalue weighted by Gasteiger charge is -2.30. The van der Waals surface area contributed by atoms with Crippen molar-refractivity contribution in [1.82, 2.24) is 5.32 Å². The summed E-state index contributed by atoms with van der Waals surface area (Å²) in [6.45, 7) is 7.19. The maximum Gasteiger partial charge on any atom is 0.00144 e. The molecule has 80 valence electrons. The van der Waals surface area contributed by atoms with E-state index in [-0.39, 0.29) is 0 Å². The van der Waals surface area contributed by atoms with Crippen LogP contribution in [0.3, 0.4) is 0 Å². The Labute approximate surface area is 88.0 Å². The fourth-order valence-corrected chi connectivity index (χ4v) is 2.87. The Kier molecular flexibility index (Phi) is 3.27. The first-order valence-corrected chi connectivity index (χ1v) is 6.19. The van der Waals surface area contributed by atoms with Crippen LogP contribution in [0.5, 0.6) is 0 Å². The van der Waals surface area contributed by atoms with Gasteiger partial charge < -0.3 is 5.32 Å². The summed E-state index contributed by atoms with van der Waals surface area (Å²) >= 11 is 0. The van der Waals surface area contributed by atoms with E-state index in [0.717, 1.165) is 11.8 Å². The van der Waals surface area contributed by atoms with Crippen LogP contribution in [-0.2, 0) is 0 Å². The van der Waals surface area contributed by atoms with E-state index in [9.17, 15) is 0 Å². The van der Waals surface area contributed by atoms with Gasteiger partial charge in [-0.15, -0.1) is 0 Å². The molecule has 1 atom stereocenters. The smallest absolute Gasteiger partial charge is 0.00144 e. The zero-order valence-electron chi connectivity index (χ0n) is 9.60. The topological polar surface area (TPSA) is 12.0 Å². The second-order valence-electron chi connectivity index (χ2n) is 5.17. The van der Waals surface area contributed by atoms with Crippen molar-refractivity contribution in [2.24, 2.45) is 11.8 Å². The van der Waals surface area contributed by atoms with Crippen LogP contribution in [0, 0.1) is 11.8 Å². The van der Waals surface area contributed by atoms with Crippen molar-refractivity contribution in [3.8, 4) is 0 Å². The summed E-state index contributed by atoms with van der Waals surface area (Å²) in [7, 11) is 0. The molecule has 1 heterocycles. The number of hydrogen-bond acceptors (Lipinski definition) is 1. The third-order valence-corrected chi connectivity index (χ3v) is 3.95. The average Bonchev–Trinajstić information content (AvgIpc) is 2.20. The first-order valence-electron chi connectivity index (χ1n) is 6.19. The van der Waals surface area contributed by atoms with Crippen molar-refractivity contribution in [3.63, 3.8) is 0 Å². The SMILES string of the molecule is CC1CCC(=C2CCNCC2C)CC1. The molecule has 1 N–H and O–H groups in total. The highest BCUT2D eigenvalue weighted by atomic mass is 14.9. The summed E-state index contributed by atoms with van der Waals surface area (Å²) in [6, 6.07) is 0. The van der Waals surface area contributed by atoms with E-state index in [1.807, 2.05) is 5.57 Å². The van der Waals surface area contributed by atoms with Crippen molar-refractivity contribution < 1.29 is 0 Å². The number of hydrogen-bond donors (Lipinski definition) is 1. The van der Waals surface area contributed by atoms with Gasteiger partial charge in [-0.3, -0.25) is 0 Å². The molecule has 1 saturated carbocycles. The number of nitrogens with one attached hydrogen (secondary N) is 1. The van der Waals surface area contributed by atoms with Gasteiger partial charge in [-0.05, 0) is 50.5 Å². The van der Waals surface area contributed by atoms with Crippen molar-refractivity contribution >= 4 is 0 Å². The number of allylic oxidation sites excluding steroid dienone is 1. The zero-order valence-corrected chi connectivity index (χ0v) is 9.60. The summed E-state index contributed by atoms with van der Waals surface area (Å²) in [4.78, 5) is 0. The van der Waals surface area contributed by atoms with Gasteiger partial charge in [-0.1, -0.05) is 25.0 Å². The second-order valence-corrected chi connectivity index (χ2v) is 5.17. The molecule has 1 aliphatic carbocycles. The molecule has 0 aromatic carbocycles. The van der Waals surface area contributed by atoms with Gasteiger partial charge in [-0.2, -0.15) is 0 Å². The molecule has 0 aromatic heterocycles. The van der Waals surface area contributed by atoms with Gasteiger partial charge in [0, 0.05) is 6.54 Å². The molecule has 1 unspecified atom stereocenters. The Balaban J connectivity index is 2.05. The third kappa shape index (κ3) is 2.20. The van der Waals surface area contributed by atoms with E-state index < -0.39 is 0 Å². The van der Waals surface area contributed by atoms with Gasteiger partial charge in [0.05, 0.1) is 0 Å². The van der Waals surface area contributed by atoms with Crippen LogP contribution >= 0.6 is 0 Å². The van der Waals surface area contributed by atoms with E-state index >= 15 is 0 Å². The van der Waals surface area contributed by atoms with Crippen molar-refractivity contribution in [2.75, 3.05) is 13.1 Å². The third-order valence-electron chi connectivity index (χ3n) is 3.95. The average molecular weight is 193 g/mol. The molecule has 0 amide bonds. The molecular weight excluding hydrogens is 170 g/mol. The molecular formula is C13H23N. The number of rotatable bonds is 0. The Morgan fingerprint density at radius 1 is 1.07 bits per heavy atom. The van der Waals surface area contributed by atoms with Crippen LogP contribution in [0.1, 0.15) is 46.0 Å². The largest absolute Gasteiger partial charge is 0.316 e. The minimum atomic E-state index is 0.798. The molecule has 0 radical (unpaired) electrons. The van der Waals surface area contributed by atoms with Gasteiger partial charge in [-0.25, -0.2) is 0 Å². The molecule has 1 aliphatic heterocycles. The molecule has 2 aliphatic rings. The van der Waals surface area contributed by atoms with Crippen LogP contribution in [0.15, 0.2) is 11.1 Å². The summed E-state index contributed by atoms with van der Waals surface area (Å²) in [5.74, 6) is 1.77. The summed E-state index contributed by atoms with van der Waals surface area (Å²) in [6.07, 6.45) is 6.95. The maximum atomic E-state index is 3.48. The molecule has 14 heavy (non-hydrogen) atoms. The zero-order chi connectivity index (χ0) is 9.97. The molecule has 0 spiro atoms. The molecule has 2 fully saturated rings. The molecule has 2 rings (SSSR count). The summed E-state index contributed by atoms with van der Waals surface area (Å²) in [5, 5.41) is 3.48. The Morgan fingerprint density at radius 3 is 2.43 bits per heavy atom. The highest BCUT2D eigenvalue weighted by molar-refractivity contribution is 5.20. The summed E-state index contributed by atoms with van der Waals surface area (Å²) in [5.41, 5.74) is 3.62. The second kappa shape index (κ2) is 4.48. The van der Waals surface area contributed by atoms with Crippen molar-refractivity contribution in [2.45, 2.75) is 46.0 Å². The van der Waals surface area contributed by atoms with Gasteiger partial charge in [0.15, 0.2) is 0 Å². The predicted molar refractivity (Wildman–Crippen MR) is 61.3 cm³/mol. The predicted octanol–water partition coefficient (Wildman–Crippen LogP) is 3.12. The van der Waals surface area contributed by atoms with Crippen LogP contribution in [-0.4, -0.2) is 13.1 Å². The monoisotopic (exact) mass is 193 g/mol. The fraction of sp³-hybridized carbons (Fsp3) is 0.846. The first-order chi connectivity index (χ1) is 6.77. The van der Waals surface area contributed by atoms with E-state index in [0.29, 0.717) is 0 Å². The minimum absolute atomic E-state index is 0.798. The molecule has 1 nitrogen and oxygen atoms in total. The normalized spacial score (nSPS) is 34.7. The van der Waals surface area contributed by atoms with E-state index in [1.54, 1.807) is 5.57 Å². The Morgan fingerprint density at radius 2 is 1.79 bits per heavy atom. The maximum absolute atomic E-state index is 3.48. The lowest BCUT2D eigenvalue weighted by Crippen LogP contribution is -2.31. The standard InChI is InChI=1S/C13H23N/c1-10-3-5-12(6-4-10)13-7-8-14-9-11(13)2/h10-11,14H,3-9H2,1-2H3.